The first-order valence-corrected chi connectivity index (χ1v) is 14.1. The molecule has 3 N–H and O–H groups in total. The topological polar surface area (TPSA) is 108 Å². The number of thioether (sulfide) groups is 1. The molecular weight excluding hydrogens is 478 g/mol. The number of aryl methyl sites for hydroxylation is 1. The van der Waals surface area contributed by atoms with Crippen LogP contribution in [-0.4, -0.2) is 64.2 Å². The van der Waals surface area contributed by atoms with E-state index in [0.717, 1.165) is 12.8 Å². The van der Waals surface area contributed by atoms with Crippen molar-refractivity contribution in [1.82, 2.24) is 15.5 Å². The predicted molar refractivity (Wildman–Crippen MR) is 146 cm³/mol. The predicted octanol–water partition coefficient (Wildman–Crippen LogP) is 4.93. The van der Waals surface area contributed by atoms with Crippen molar-refractivity contribution in [2.75, 3.05) is 18.6 Å². The molecule has 0 saturated carbocycles. The zero-order chi connectivity index (χ0) is 27.5. The number of carbonyl (C=O) groups excluding carboxylic acids is 3. The molecule has 0 spiro atoms. The van der Waals surface area contributed by atoms with Gasteiger partial charge in [-0.2, -0.15) is 11.8 Å². The summed E-state index contributed by atoms with van der Waals surface area (Å²) in [6.07, 6.45) is 3.89. The summed E-state index contributed by atoms with van der Waals surface area (Å²) in [5.74, 6) is -0.136. The Morgan fingerprint density at radius 1 is 1.11 bits per heavy atom. The first kappa shape index (κ1) is 31.6. The van der Waals surface area contributed by atoms with Gasteiger partial charge in [-0.3, -0.25) is 9.59 Å². The standard InChI is InChI=1S/C27H45N3O5S/c1-9-12-19(4)28-24(32)22(20-14-11-13-18(3)23(20)31)30(16-10-2)25(33)21(15-17-36-8)29-26(34)35-27(5,6)7/h11,13-14,19,21-22,31H,9-10,12,15-17H2,1-8H3,(H,28,32)(H,29,34). The van der Waals surface area contributed by atoms with E-state index in [9.17, 15) is 19.5 Å². The fourth-order valence-corrected chi connectivity index (χ4v) is 4.40. The molecular formula is C27H45N3O5S. The van der Waals surface area contributed by atoms with Crippen LogP contribution in [0.5, 0.6) is 5.75 Å². The number of ether oxygens (including phenoxy) is 1. The first-order chi connectivity index (χ1) is 16.9. The number of nitrogens with zero attached hydrogens (tertiary/aromatic N) is 1. The lowest BCUT2D eigenvalue weighted by atomic mass is 9.98. The van der Waals surface area contributed by atoms with Gasteiger partial charge in [-0.15, -0.1) is 0 Å². The summed E-state index contributed by atoms with van der Waals surface area (Å²) in [4.78, 5) is 41.6. The molecule has 1 aromatic carbocycles. The number of phenolic OH excluding ortho intramolecular Hbond substituents is 1. The lowest BCUT2D eigenvalue weighted by Gasteiger charge is -2.35. The van der Waals surface area contributed by atoms with Crippen LogP contribution in [0.3, 0.4) is 0 Å². The van der Waals surface area contributed by atoms with Crippen LogP contribution >= 0.6 is 11.8 Å². The van der Waals surface area contributed by atoms with Gasteiger partial charge in [-0.1, -0.05) is 38.5 Å². The molecule has 0 aliphatic heterocycles. The number of hydrogen-bond acceptors (Lipinski definition) is 6. The van der Waals surface area contributed by atoms with Crippen LogP contribution in [0.15, 0.2) is 18.2 Å². The number of nitrogens with one attached hydrogen (secondary N) is 2. The Morgan fingerprint density at radius 3 is 2.33 bits per heavy atom. The third-order valence-corrected chi connectivity index (χ3v) is 6.23. The van der Waals surface area contributed by atoms with Crippen LogP contribution in [0.25, 0.3) is 0 Å². The van der Waals surface area contributed by atoms with E-state index in [0.29, 0.717) is 29.7 Å². The van der Waals surface area contributed by atoms with Gasteiger partial charge in [0.2, 0.25) is 11.8 Å². The SMILES string of the molecule is CCCC(C)NC(=O)C(c1cccc(C)c1O)N(CCC)C(=O)C(CCSC)NC(=O)OC(C)(C)C. The molecule has 8 nitrogen and oxygen atoms in total. The van der Waals surface area contributed by atoms with Gasteiger partial charge in [-0.25, -0.2) is 4.79 Å². The van der Waals surface area contributed by atoms with Gasteiger partial charge in [0.1, 0.15) is 23.4 Å². The number of para-hydroxylation sites is 1. The summed E-state index contributed by atoms with van der Waals surface area (Å²) in [6.45, 7) is 13.2. The van der Waals surface area contributed by atoms with Gasteiger partial charge in [0.05, 0.1) is 0 Å². The number of carbonyl (C=O) groups is 3. The number of alkyl carbamates (subject to hydrolysis) is 1. The van der Waals surface area contributed by atoms with Crippen LogP contribution < -0.4 is 10.6 Å². The quantitative estimate of drug-likeness (QED) is 0.338. The van der Waals surface area contributed by atoms with Gasteiger partial charge >= 0.3 is 6.09 Å². The van der Waals surface area contributed by atoms with Crippen molar-refractivity contribution in [3.63, 3.8) is 0 Å². The van der Waals surface area contributed by atoms with Crippen LogP contribution in [0, 0.1) is 6.92 Å². The Hall–Kier alpha value is -2.42. The van der Waals surface area contributed by atoms with Crippen molar-refractivity contribution < 1.29 is 24.2 Å². The maximum atomic E-state index is 14.0. The molecule has 9 heteroatoms. The monoisotopic (exact) mass is 523 g/mol. The van der Waals surface area contributed by atoms with E-state index in [1.807, 2.05) is 27.0 Å². The number of phenols is 1. The first-order valence-electron chi connectivity index (χ1n) is 12.7. The number of amides is 3. The second kappa shape index (κ2) is 15.0. The van der Waals surface area contributed by atoms with E-state index < -0.39 is 23.8 Å². The maximum Gasteiger partial charge on any atom is 0.408 e. The molecule has 0 aromatic heterocycles. The minimum absolute atomic E-state index is 0.0181. The summed E-state index contributed by atoms with van der Waals surface area (Å²) in [6, 6.07) is 3.17. The zero-order valence-electron chi connectivity index (χ0n) is 23.1. The van der Waals surface area contributed by atoms with Crippen molar-refractivity contribution in [2.45, 2.75) is 97.9 Å². The average molecular weight is 524 g/mol. The molecule has 0 radical (unpaired) electrons. The highest BCUT2D eigenvalue weighted by molar-refractivity contribution is 7.98. The Bertz CT molecular complexity index is 871. The van der Waals surface area contributed by atoms with Crippen LogP contribution in [0.4, 0.5) is 4.79 Å². The Balaban J connectivity index is 3.48. The molecule has 204 valence electrons. The molecule has 3 atom stereocenters. The van der Waals surface area contributed by atoms with E-state index in [1.165, 1.54) is 4.90 Å². The van der Waals surface area contributed by atoms with Gasteiger partial charge in [0.15, 0.2) is 0 Å². The number of aromatic hydroxyl groups is 1. The molecule has 0 fully saturated rings. The third kappa shape index (κ3) is 9.91. The highest BCUT2D eigenvalue weighted by atomic mass is 32.2. The van der Waals surface area contributed by atoms with Crippen LogP contribution in [0.2, 0.25) is 0 Å². The average Bonchev–Trinajstić information content (AvgIpc) is 2.77. The summed E-state index contributed by atoms with van der Waals surface area (Å²) in [5.41, 5.74) is 0.256. The van der Waals surface area contributed by atoms with Crippen LogP contribution in [0.1, 0.15) is 84.4 Å². The lowest BCUT2D eigenvalue weighted by molar-refractivity contribution is -0.142. The largest absolute Gasteiger partial charge is 0.507 e. The van der Waals surface area contributed by atoms with Crippen molar-refractivity contribution in [1.29, 1.82) is 0 Å². The second-order valence-electron chi connectivity index (χ2n) is 10.1. The normalized spacial score (nSPS) is 13.9. The van der Waals surface area contributed by atoms with Crippen molar-refractivity contribution in [2.24, 2.45) is 0 Å². The minimum Gasteiger partial charge on any atom is -0.507 e. The molecule has 1 rings (SSSR count). The Labute approximate surface area is 220 Å². The minimum atomic E-state index is -1.05. The number of rotatable bonds is 13. The molecule has 1 aromatic rings. The molecule has 0 heterocycles. The highest BCUT2D eigenvalue weighted by Gasteiger charge is 2.37. The fraction of sp³-hybridized carbons (Fsp3) is 0.667. The summed E-state index contributed by atoms with van der Waals surface area (Å²) < 4.78 is 5.40. The number of benzene rings is 1. The molecule has 0 saturated heterocycles. The Kier molecular flexibility index (Phi) is 13.1. The van der Waals surface area contributed by atoms with E-state index in [2.05, 4.69) is 10.6 Å². The third-order valence-electron chi connectivity index (χ3n) is 5.58. The Morgan fingerprint density at radius 2 is 1.78 bits per heavy atom. The van der Waals surface area contributed by atoms with Gasteiger partial charge in [-0.05, 0) is 71.5 Å². The molecule has 0 aliphatic rings. The summed E-state index contributed by atoms with van der Waals surface area (Å²) in [7, 11) is 0. The van der Waals surface area contributed by atoms with Crippen molar-refractivity contribution in [3.8, 4) is 5.75 Å². The van der Waals surface area contributed by atoms with Crippen LogP contribution in [-0.2, 0) is 14.3 Å². The highest BCUT2D eigenvalue weighted by Crippen LogP contribution is 2.32. The van der Waals surface area contributed by atoms with E-state index >= 15 is 0 Å². The van der Waals surface area contributed by atoms with Gasteiger partial charge in [0.25, 0.3) is 0 Å². The smallest absolute Gasteiger partial charge is 0.408 e. The molecule has 36 heavy (non-hydrogen) atoms. The van der Waals surface area contributed by atoms with Crippen molar-refractivity contribution in [3.05, 3.63) is 29.3 Å². The van der Waals surface area contributed by atoms with E-state index in [1.54, 1.807) is 57.7 Å². The second-order valence-corrected chi connectivity index (χ2v) is 11.1. The summed E-state index contributed by atoms with van der Waals surface area (Å²) >= 11 is 1.56. The fourth-order valence-electron chi connectivity index (χ4n) is 3.93. The maximum absolute atomic E-state index is 14.0. The van der Waals surface area contributed by atoms with Gasteiger partial charge < -0.3 is 25.4 Å². The van der Waals surface area contributed by atoms with Gasteiger partial charge in [0, 0.05) is 18.2 Å². The van der Waals surface area contributed by atoms with Crippen molar-refractivity contribution >= 4 is 29.7 Å². The number of hydrogen-bond donors (Lipinski definition) is 3. The zero-order valence-corrected chi connectivity index (χ0v) is 24.0. The molecule has 3 unspecified atom stereocenters. The molecule has 0 aliphatic carbocycles. The molecule has 0 bridgehead atoms. The molecule has 3 amide bonds. The van der Waals surface area contributed by atoms with E-state index in [-0.39, 0.29) is 30.2 Å². The summed E-state index contributed by atoms with van der Waals surface area (Å²) in [5, 5.41) is 16.6. The van der Waals surface area contributed by atoms with E-state index in [4.69, 9.17) is 4.74 Å². The lowest BCUT2D eigenvalue weighted by Crippen LogP contribution is -2.54.